The molecule has 0 saturated heterocycles. The van der Waals surface area contributed by atoms with E-state index >= 15 is 0 Å². The van der Waals surface area contributed by atoms with Crippen molar-refractivity contribution in [2.75, 3.05) is 14.2 Å². The molecule has 1 aromatic carbocycles. The minimum absolute atomic E-state index is 0.472. The van der Waals surface area contributed by atoms with Crippen LogP contribution in [0.25, 0.3) is 0 Å². The van der Waals surface area contributed by atoms with E-state index in [9.17, 15) is 5.11 Å². The molecule has 0 unspecified atom stereocenters. The molecular weight excluding hydrogens is 228 g/mol. The molecule has 16 heavy (non-hydrogen) atoms. The molecule has 0 aliphatic heterocycles. The van der Waals surface area contributed by atoms with Crippen molar-refractivity contribution in [3.63, 3.8) is 0 Å². The highest BCUT2D eigenvalue weighted by molar-refractivity contribution is 6.32. The quantitative estimate of drug-likeness (QED) is 0.886. The third kappa shape index (κ3) is 1.64. The molecular formula is C12H15ClO3. The molecule has 0 atom stereocenters. The summed E-state index contributed by atoms with van der Waals surface area (Å²) in [6.45, 7) is 1.91. The van der Waals surface area contributed by atoms with E-state index in [0.717, 1.165) is 24.0 Å². The van der Waals surface area contributed by atoms with E-state index in [1.54, 1.807) is 20.3 Å². The first-order valence-corrected chi connectivity index (χ1v) is 5.55. The molecule has 1 saturated carbocycles. The molecule has 0 aromatic heterocycles. The second kappa shape index (κ2) is 3.82. The lowest BCUT2D eigenvalue weighted by Crippen LogP contribution is -2.08. The summed E-state index contributed by atoms with van der Waals surface area (Å²) in [5.41, 5.74) is 1.02. The maximum atomic E-state index is 10.1. The predicted octanol–water partition coefficient (Wildman–Crippen LogP) is 2.65. The fourth-order valence-corrected chi connectivity index (χ4v) is 2.28. The maximum absolute atomic E-state index is 10.1. The third-order valence-corrected chi connectivity index (χ3v) is 3.35. The van der Waals surface area contributed by atoms with E-state index in [-0.39, 0.29) is 0 Å². The van der Waals surface area contributed by atoms with Gasteiger partial charge in [0.2, 0.25) is 0 Å². The molecule has 1 N–H and O–H groups in total. The molecule has 0 amide bonds. The van der Waals surface area contributed by atoms with Crippen LogP contribution in [0.5, 0.6) is 11.5 Å². The van der Waals surface area contributed by atoms with Gasteiger partial charge in [0.05, 0.1) is 24.8 Å². The van der Waals surface area contributed by atoms with Crippen LogP contribution in [0, 0.1) is 6.92 Å². The van der Waals surface area contributed by atoms with Gasteiger partial charge in [-0.2, -0.15) is 0 Å². The number of methoxy groups -OCH3 is 2. The molecule has 1 aliphatic carbocycles. The van der Waals surface area contributed by atoms with Crippen molar-refractivity contribution >= 4 is 11.6 Å². The van der Waals surface area contributed by atoms with Crippen molar-refractivity contribution in [3.05, 3.63) is 22.2 Å². The standard InChI is InChI=1S/C12H15ClO3/c1-7-8(12(14)4-5-12)6-9(13)11(16-3)10(7)15-2/h6,14H,4-5H2,1-3H3. The molecule has 0 radical (unpaired) electrons. The average Bonchev–Trinajstić information content (AvgIpc) is 2.99. The van der Waals surface area contributed by atoms with Crippen LogP contribution in [0.2, 0.25) is 5.02 Å². The summed E-state index contributed by atoms with van der Waals surface area (Å²) >= 11 is 6.10. The molecule has 3 nitrogen and oxygen atoms in total. The molecule has 0 bridgehead atoms. The largest absolute Gasteiger partial charge is 0.493 e. The van der Waals surface area contributed by atoms with Crippen molar-refractivity contribution in [2.24, 2.45) is 0 Å². The fraction of sp³-hybridized carbons (Fsp3) is 0.500. The second-order valence-corrected chi connectivity index (χ2v) is 4.54. The first-order chi connectivity index (χ1) is 7.53. The number of halogens is 1. The molecule has 88 valence electrons. The first-order valence-electron chi connectivity index (χ1n) is 5.17. The van der Waals surface area contributed by atoms with Crippen molar-refractivity contribution in [2.45, 2.75) is 25.4 Å². The van der Waals surface area contributed by atoms with Crippen LogP contribution in [0.4, 0.5) is 0 Å². The van der Waals surface area contributed by atoms with Gasteiger partial charge in [-0.1, -0.05) is 11.6 Å². The predicted molar refractivity (Wildman–Crippen MR) is 62.4 cm³/mol. The number of hydrogen-bond donors (Lipinski definition) is 1. The summed E-state index contributed by atoms with van der Waals surface area (Å²) in [7, 11) is 3.12. The lowest BCUT2D eigenvalue weighted by atomic mass is 10.00. The van der Waals surface area contributed by atoms with Gasteiger partial charge >= 0.3 is 0 Å². The van der Waals surface area contributed by atoms with Gasteiger partial charge in [0, 0.05) is 5.56 Å². The van der Waals surface area contributed by atoms with Gasteiger partial charge < -0.3 is 14.6 Å². The average molecular weight is 243 g/mol. The van der Waals surface area contributed by atoms with Crippen LogP contribution in [0.1, 0.15) is 24.0 Å². The molecule has 2 rings (SSSR count). The Bertz CT molecular complexity index is 425. The van der Waals surface area contributed by atoms with Crippen molar-refractivity contribution < 1.29 is 14.6 Å². The second-order valence-electron chi connectivity index (χ2n) is 4.13. The highest BCUT2D eigenvalue weighted by atomic mass is 35.5. The summed E-state index contributed by atoms with van der Waals surface area (Å²) in [6, 6.07) is 1.77. The van der Waals surface area contributed by atoms with Gasteiger partial charge in [-0.15, -0.1) is 0 Å². The van der Waals surface area contributed by atoms with E-state index in [0.29, 0.717) is 16.5 Å². The normalized spacial score (nSPS) is 17.1. The Balaban J connectivity index is 2.61. The number of ether oxygens (including phenoxy) is 2. The summed E-state index contributed by atoms with van der Waals surface area (Å²) in [5, 5.41) is 10.6. The third-order valence-electron chi connectivity index (χ3n) is 3.07. The van der Waals surface area contributed by atoms with Crippen LogP contribution in [-0.2, 0) is 5.60 Å². The zero-order valence-electron chi connectivity index (χ0n) is 9.63. The van der Waals surface area contributed by atoms with Crippen LogP contribution in [0.15, 0.2) is 6.07 Å². The first kappa shape index (κ1) is 11.6. The molecule has 1 aromatic rings. The van der Waals surface area contributed by atoms with E-state index in [2.05, 4.69) is 0 Å². The zero-order chi connectivity index (χ0) is 11.9. The SMILES string of the molecule is COc1c(Cl)cc(C2(O)CC2)c(C)c1OC. The summed E-state index contributed by atoms with van der Waals surface area (Å²) < 4.78 is 10.5. The van der Waals surface area contributed by atoms with Gasteiger partial charge in [0.25, 0.3) is 0 Å². The van der Waals surface area contributed by atoms with Crippen LogP contribution < -0.4 is 9.47 Å². The monoisotopic (exact) mass is 242 g/mol. The highest BCUT2D eigenvalue weighted by Gasteiger charge is 2.44. The summed E-state index contributed by atoms with van der Waals surface area (Å²) in [5.74, 6) is 1.12. The number of aliphatic hydroxyl groups is 1. The topological polar surface area (TPSA) is 38.7 Å². The van der Waals surface area contributed by atoms with Crippen molar-refractivity contribution in [1.29, 1.82) is 0 Å². The Kier molecular flexibility index (Phi) is 2.76. The van der Waals surface area contributed by atoms with Crippen LogP contribution >= 0.6 is 11.6 Å². The summed E-state index contributed by atoms with van der Waals surface area (Å²) in [4.78, 5) is 0. The van der Waals surface area contributed by atoms with Crippen LogP contribution in [-0.4, -0.2) is 19.3 Å². The molecule has 0 heterocycles. The van der Waals surface area contributed by atoms with E-state index < -0.39 is 5.60 Å². The molecule has 1 aliphatic rings. The Morgan fingerprint density at radius 2 is 1.81 bits per heavy atom. The zero-order valence-corrected chi connectivity index (χ0v) is 10.4. The Labute approximate surface area is 99.9 Å². The minimum atomic E-state index is -0.715. The van der Waals surface area contributed by atoms with E-state index in [1.165, 1.54) is 0 Å². The molecule has 1 fully saturated rings. The fourth-order valence-electron chi connectivity index (χ4n) is 2.01. The maximum Gasteiger partial charge on any atom is 0.179 e. The molecule has 0 spiro atoms. The van der Waals surface area contributed by atoms with Gasteiger partial charge in [0.15, 0.2) is 11.5 Å². The number of benzene rings is 1. The molecule has 4 heteroatoms. The smallest absolute Gasteiger partial charge is 0.179 e. The number of rotatable bonds is 3. The Morgan fingerprint density at radius 3 is 2.25 bits per heavy atom. The Morgan fingerprint density at radius 1 is 1.25 bits per heavy atom. The van der Waals surface area contributed by atoms with Crippen molar-refractivity contribution in [1.82, 2.24) is 0 Å². The highest BCUT2D eigenvalue weighted by Crippen LogP contribution is 2.51. The van der Waals surface area contributed by atoms with Crippen molar-refractivity contribution in [3.8, 4) is 11.5 Å². The minimum Gasteiger partial charge on any atom is -0.493 e. The van der Waals surface area contributed by atoms with Gasteiger partial charge in [-0.3, -0.25) is 0 Å². The van der Waals surface area contributed by atoms with Gasteiger partial charge in [-0.05, 0) is 31.4 Å². The lowest BCUT2D eigenvalue weighted by molar-refractivity contribution is 0.150. The van der Waals surface area contributed by atoms with Gasteiger partial charge in [0.1, 0.15) is 0 Å². The van der Waals surface area contributed by atoms with E-state index in [1.807, 2.05) is 6.92 Å². The van der Waals surface area contributed by atoms with Gasteiger partial charge in [-0.25, -0.2) is 0 Å². The number of hydrogen-bond acceptors (Lipinski definition) is 3. The van der Waals surface area contributed by atoms with Crippen LogP contribution in [0.3, 0.4) is 0 Å². The van der Waals surface area contributed by atoms with E-state index in [4.69, 9.17) is 21.1 Å². The summed E-state index contributed by atoms with van der Waals surface area (Å²) in [6.07, 6.45) is 1.55. The Hall–Kier alpha value is -0.930. The lowest BCUT2D eigenvalue weighted by Gasteiger charge is -2.18.